The number of ether oxygens (including phenoxy) is 1. The van der Waals surface area contributed by atoms with Crippen LogP contribution in [0.15, 0.2) is 53.5 Å². The molecule has 1 amide bonds. The fourth-order valence-corrected chi connectivity index (χ4v) is 5.47. The van der Waals surface area contributed by atoms with Gasteiger partial charge in [-0.2, -0.15) is 0 Å². The van der Waals surface area contributed by atoms with E-state index in [0.717, 1.165) is 37.9 Å². The Kier molecular flexibility index (Phi) is 9.19. The summed E-state index contributed by atoms with van der Waals surface area (Å²) >= 11 is 0. The second-order valence-electron chi connectivity index (χ2n) is 10.6. The van der Waals surface area contributed by atoms with Crippen molar-refractivity contribution in [2.24, 2.45) is 0 Å². The van der Waals surface area contributed by atoms with Gasteiger partial charge in [0.15, 0.2) is 12.0 Å². The molecule has 2 aromatic carbocycles. The Morgan fingerprint density at radius 2 is 1.86 bits per heavy atom. The molecule has 230 valence electrons. The van der Waals surface area contributed by atoms with E-state index in [9.17, 15) is 18.4 Å². The number of nitrogens with zero attached hydrogens (tertiary/aromatic N) is 3. The molecule has 0 spiro atoms. The van der Waals surface area contributed by atoms with Gasteiger partial charge in [0.1, 0.15) is 5.82 Å². The van der Waals surface area contributed by atoms with Crippen LogP contribution in [-0.2, 0) is 11.3 Å². The molecule has 0 saturated carbocycles. The predicted molar refractivity (Wildman–Crippen MR) is 152 cm³/mol. The maximum Gasteiger partial charge on any atom is 0.202 e. The van der Waals surface area contributed by atoms with Crippen LogP contribution in [0.4, 0.5) is 24.5 Å². The van der Waals surface area contributed by atoms with Crippen LogP contribution >= 0.6 is 0 Å². The van der Waals surface area contributed by atoms with Gasteiger partial charge in [-0.3, -0.25) is 23.3 Å². The number of morpholine rings is 1. The predicted octanol–water partition coefficient (Wildman–Crippen LogP) is 4.18. The second kappa shape index (κ2) is 12.8. The summed E-state index contributed by atoms with van der Waals surface area (Å²) in [5.74, 6) is -1.23. The van der Waals surface area contributed by atoms with E-state index in [1.807, 2.05) is 19.2 Å². The van der Waals surface area contributed by atoms with E-state index in [4.69, 9.17) is 4.74 Å². The molecular formula is C30H33F3FmN5O3-. The number of hydrogen-bond donors (Lipinski definition) is 2. The average molecular weight is 826 g/mol. The molecule has 8 nitrogen and oxygen atoms in total. The number of anilines is 2. The third-order valence-corrected chi connectivity index (χ3v) is 7.61. The number of carbonyl (C=O) groups is 1. The first-order valence-corrected chi connectivity index (χ1v) is 13.6. The largest absolute Gasteiger partial charge is 0.379 e. The average Bonchev–Trinajstić information content (AvgIpc) is 2.95. The van der Waals surface area contributed by atoms with Crippen LogP contribution in [-0.4, -0.2) is 79.7 Å². The first kappa shape index (κ1) is 30.2. The van der Waals surface area contributed by atoms with Crippen LogP contribution in [0.2, 0.25) is 0 Å². The molecule has 12 heteroatoms. The fraction of sp³-hybridized carbons (Fsp3) is 0.367. The summed E-state index contributed by atoms with van der Waals surface area (Å²) in [6.07, 6.45) is -1.16. The first-order chi connectivity index (χ1) is 19.7. The van der Waals surface area contributed by atoms with Crippen LogP contribution in [0.5, 0.6) is 0 Å². The Balaban J connectivity index is 0.00000405. The van der Waals surface area contributed by atoms with Gasteiger partial charge >= 0.3 is 0 Å². The number of benzene rings is 2. The molecule has 2 saturated heterocycles. The molecule has 2 aliphatic rings. The van der Waals surface area contributed by atoms with Crippen molar-refractivity contribution in [2.75, 3.05) is 63.2 Å². The summed E-state index contributed by atoms with van der Waals surface area (Å²) in [5.41, 5.74) is 1.06. The van der Waals surface area contributed by atoms with Crippen molar-refractivity contribution < 1.29 is 22.7 Å². The molecule has 2 N–H and O–H groups in total. The Labute approximate surface area is 236 Å². The van der Waals surface area contributed by atoms with E-state index < -0.39 is 29.3 Å². The summed E-state index contributed by atoms with van der Waals surface area (Å²) < 4.78 is 47.8. The van der Waals surface area contributed by atoms with E-state index >= 15 is 4.39 Å². The Bertz CT molecular complexity index is 1460. The molecule has 2 fully saturated rings. The monoisotopic (exact) mass is 825 g/mol. The third-order valence-electron chi connectivity index (χ3n) is 7.61. The molecule has 3 heterocycles. The quantitative estimate of drug-likeness (QED) is 0.349. The van der Waals surface area contributed by atoms with E-state index in [1.165, 1.54) is 6.07 Å². The normalized spacial score (nSPS) is 17.9. The SMILES string of the molecule is C[C@H]1CN(C)CCN1c1ccc(-c2cc(CN3CCOCC3)ccc2F)cc1NC(=O)c1c[nH]c(=O)cc1[C-](F)F.[Fm]. The zero-order valence-corrected chi connectivity index (χ0v) is 25.7. The van der Waals surface area contributed by atoms with Gasteiger partial charge in [-0.25, -0.2) is 4.39 Å². The number of pyridine rings is 1. The van der Waals surface area contributed by atoms with Crippen LogP contribution in [0.3, 0.4) is 0 Å². The van der Waals surface area contributed by atoms with Crippen molar-refractivity contribution in [1.29, 1.82) is 0 Å². The summed E-state index contributed by atoms with van der Waals surface area (Å²) in [4.78, 5) is 33.8. The van der Waals surface area contributed by atoms with Gasteiger partial charge in [0.25, 0.3) is 0 Å². The molecular weight excluding hydrogens is 792 g/mol. The Morgan fingerprint density at radius 1 is 1.10 bits per heavy atom. The van der Waals surface area contributed by atoms with E-state index in [1.54, 1.807) is 18.2 Å². The number of hydrogen-bond acceptors (Lipinski definition) is 6. The third kappa shape index (κ3) is 6.56. The van der Waals surface area contributed by atoms with Crippen molar-refractivity contribution in [3.8, 4) is 11.1 Å². The number of nitrogens with one attached hydrogen (secondary N) is 2. The number of likely N-dealkylation sites (N-methyl/N-ethyl adjacent to an activating group) is 1. The number of aromatic amines is 1. The van der Waals surface area contributed by atoms with Gasteiger partial charge in [-0.05, 0) is 61.1 Å². The minimum absolute atomic E-state index is 0. The maximum absolute atomic E-state index is 15.2. The van der Waals surface area contributed by atoms with E-state index in [2.05, 4.69) is 31.9 Å². The molecule has 42 heavy (non-hydrogen) atoms. The number of piperazine rings is 1. The number of carbonyl (C=O) groups excluding carboxylic acids is 1. The second-order valence-corrected chi connectivity index (χ2v) is 10.6. The van der Waals surface area contributed by atoms with Gasteiger partial charge < -0.3 is 24.8 Å². The fourth-order valence-electron chi connectivity index (χ4n) is 5.47. The number of aromatic nitrogens is 1. The molecule has 3 aromatic rings. The van der Waals surface area contributed by atoms with Crippen LogP contribution < -0.4 is 15.8 Å². The molecule has 2 aliphatic heterocycles. The zero-order valence-electron chi connectivity index (χ0n) is 23.3. The standard InChI is InChI=1S/C30H33F3N5O3.Fm/c1-19-17-36(2)7-8-38(19)27-6-4-21(22-13-20(3-5-25(22)31)18-37-9-11-41-12-10-37)14-26(27)35-30(40)24-16-34-28(39)15-23(24)29(32)33;/h3-6,13-16,19H,7-12,17-18H2,1-2H3,(H,34,39)(H,35,40);/q-1;/t19-;/m0./s1. The molecule has 1 aromatic heterocycles. The molecule has 0 radical (unpaired) electrons. The van der Waals surface area contributed by atoms with Crippen LogP contribution in [0, 0.1) is 12.2 Å². The number of amides is 1. The van der Waals surface area contributed by atoms with E-state index in [0.29, 0.717) is 54.9 Å². The summed E-state index contributed by atoms with van der Waals surface area (Å²) in [5, 5.41) is 2.77. The maximum atomic E-state index is 15.2. The molecule has 5 rings (SSSR count). The van der Waals surface area contributed by atoms with Crippen LogP contribution in [0.25, 0.3) is 11.1 Å². The van der Waals surface area contributed by atoms with Crippen molar-refractivity contribution >= 4 is 17.3 Å². The smallest absolute Gasteiger partial charge is 0.202 e. The number of halogens is 3. The number of H-pyrrole nitrogens is 1. The Morgan fingerprint density at radius 3 is 2.57 bits per heavy atom. The van der Waals surface area contributed by atoms with Crippen LogP contribution in [0.1, 0.15) is 28.4 Å². The first-order valence-electron chi connectivity index (χ1n) is 13.6. The zero-order chi connectivity index (χ0) is 29.1. The topological polar surface area (TPSA) is 80.9 Å². The van der Waals surface area contributed by atoms with Gasteiger partial charge in [0, 0.05) is 50.9 Å². The summed E-state index contributed by atoms with van der Waals surface area (Å²) in [6, 6.07) is 11.1. The van der Waals surface area contributed by atoms with Crippen molar-refractivity contribution in [3.05, 3.63) is 87.9 Å². The molecule has 0 aliphatic carbocycles. The van der Waals surface area contributed by atoms with Gasteiger partial charge in [0.05, 0.1) is 24.6 Å². The van der Waals surface area contributed by atoms with Gasteiger partial charge in [0.2, 0.25) is 5.91 Å². The molecule has 0 unspecified atom stereocenters. The minimum Gasteiger partial charge on any atom is -0.379 e. The van der Waals surface area contributed by atoms with Crippen molar-refractivity contribution in [3.63, 3.8) is 0 Å². The summed E-state index contributed by atoms with van der Waals surface area (Å²) in [6.45, 7) is 7.89. The van der Waals surface area contributed by atoms with Crippen molar-refractivity contribution in [1.82, 2.24) is 14.8 Å². The van der Waals surface area contributed by atoms with Gasteiger partial charge in [-0.1, -0.05) is 18.2 Å². The molecule has 0 bridgehead atoms. The van der Waals surface area contributed by atoms with Gasteiger partial charge in [-0.15, -0.1) is 5.56 Å². The summed E-state index contributed by atoms with van der Waals surface area (Å²) in [7, 11) is 2.03. The Hall–Kier alpha value is -4.80. The molecule has 1 atom stereocenters. The van der Waals surface area contributed by atoms with Crippen molar-refractivity contribution in [2.45, 2.75) is 19.5 Å². The number of rotatable bonds is 7. The minimum atomic E-state index is -2.14. The van der Waals surface area contributed by atoms with E-state index in [-0.39, 0.29) is 11.6 Å².